The summed E-state index contributed by atoms with van der Waals surface area (Å²) in [5.74, 6) is -1.02. The van der Waals surface area contributed by atoms with E-state index >= 15 is 0 Å². The molecule has 0 amide bonds. The molecule has 2 aromatic rings. The fraction of sp³-hybridized carbons (Fsp3) is 0.231. The Labute approximate surface area is 122 Å². The van der Waals surface area contributed by atoms with Crippen LogP contribution in [0.15, 0.2) is 41.8 Å². The molecule has 0 spiro atoms. The van der Waals surface area contributed by atoms with Crippen LogP contribution in [0.25, 0.3) is 0 Å². The van der Waals surface area contributed by atoms with E-state index in [1.165, 1.54) is 24.7 Å². The molecule has 2 rings (SSSR count). The van der Waals surface area contributed by atoms with Crippen molar-refractivity contribution in [2.24, 2.45) is 0 Å². The van der Waals surface area contributed by atoms with Crippen molar-refractivity contribution in [1.82, 2.24) is 14.3 Å². The van der Waals surface area contributed by atoms with E-state index in [-0.39, 0.29) is 17.1 Å². The van der Waals surface area contributed by atoms with Crippen molar-refractivity contribution in [3.05, 3.63) is 47.9 Å². The second-order valence-corrected chi connectivity index (χ2v) is 6.08. The van der Waals surface area contributed by atoms with Crippen LogP contribution in [0.2, 0.25) is 0 Å². The third kappa shape index (κ3) is 3.67. The van der Waals surface area contributed by atoms with Crippen molar-refractivity contribution in [1.29, 1.82) is 0 Å². The van der Waals surface area contributed by atoms with Crippen LogP contribution in [0.5, 0.6) is 0 Å². The van der Waals surface area contributed by atoms with Gasteiger partial charge in [-0.15, -0.1) is 0 Å². The van der Waals surface area contributed by atoms with Gasteiger partial charge >= 0.3 is 5.97 Å². The third-order valence-electron chi connectivity index (χ3n) is 2.92. The zero-order valence-corrected chi connectivity index (χ0v) is 12.2. The molecular weight excluding hydrogens is 294 g/mol. The molecule has 0 atom stereocenters. The van der Waals surface area contributed by atoms with E-state index < -0.39 is 16.0 Å². The quantitative estimate of drug-likeness (QED) is 0.831. The number of carboxylic acid groups (broad SMARTS) is 1. The van der Waals surface area contributed by atoms with Gasteiger partial charge in [0, 0.05) is 19.3 Å². The molecule has 8 heteroatoms. The van der Waals surface area contributed by atoms with E-state index in [1.54, 1.807) is 16.7 Å². The molecule has 0 aliphatic carbocycles. The van der Waals surface area contributed by atoms with Crippen molar-refractivity contribution in [2.75, 3.05) is 0 Å². The molecule has 1 heterocycles. The predicted octanol–water partition coefficient (Wildman–Crippen LogP) is 1.08. The van der Waals surface area contributed by atoms with Gasteiger partial charge in [0.05, 0.1) is 11.9 Å². The maximum Gasteiger partial charge on any atom is 0.335 e. The monoisotopic (exact) mass is 309 g/mol. The first-order valence-electron chi connectivity index (χ1n) is 6.26. The normalized spacial score (nSPS) is 11.5. The molecule has 1 aromatic carbocycles. The molecule has 1 aromatic heterocycles. The maximum absolute atomic E-state index is 12.0. The van der Waals surface area contributed by atoms with Crippen LogP contribution in [-0.4, -0.2) is 29.0 Å². The van der Waals surface area contributed by atoms with E-state index in [0.29, 0.717) is 12.1 Å². The number of hydrogen-bond acceptors (Lipinski definition) is 4. The zero-order valence-electron chi connectivity index (χ0n) is 11.4. The number of aryl methyl sites for hydroxylation is 1. The molecule has 0 fully saturated rings. The average Bonchev–Trinajstić information content (AvgIpc) is 2.95. The topological polar surface area (TPSA) is 101 Å². The molecule has 0 unspecified atom stereocenters. The van der Waals surface area contributed by atoms with Crippen LogP contribution in [0.4, 0.5) is 0 Å². The number of benzene rings is 1. The van der Waals surface area contributed by atoms with Crippen LogP contribution in [0.3, 0.4) is 0 Å². The number of imidazole rings is 1. The van der Waals surface area contributed by atoms with Crippen LogP contribution in [-0.2, 0) is 23.1 Å². The zero-order chi connectivity index (χ0) is 15.5. The highest BCUT2D eigenvalue weighted by Crippen LogP contribution is 2.08. The highest BCUT2D eigenvalue weighted by Gasteiger charge is 2.16. The summed E-state index contributed by atoms with van der Waals surface area (Å²) in [6.45, 7) is 2.59. The summed E-state index contributed by atoms with van der Waals surface area (Å²) in [7, 11) is -3.67. The Morgan fingerprint density at radius 1 is 1.33 bits per heavy atom. The molecule has 0 saturated heterocycles. The van der Waals surface area contributed by atoms with Gasteiger partial charge in [-0.2, -0.15) is 0 Å². The lowest BCUT2D eigenvalue weighted by Gasteiger charge is -2.05. The number of nitrogens with zero attached hydrogens (tertiary/aromatic N) is 2. The Morgan fingerprint density at radius 2 is 2.00 bits per heavy atom. The van der Waals surface area contributed by atoms with Crippen LogP contribution < -0.4 is 4.72 Å². The minimum atomic E-state index is -3.67. The first-order valence-corrected chi connectivity index (χ1v) is 7.74. The summed E-state index contributed by atoms with van der Waals surface area (Å²) < 4.78 is 28.1. The minimum absolute atomic E-state index is 0.0356. The first kappa shape index (κ1) is 15.2. The summed E-state index contributed by atoms with van der Waals surface area (Å²) in [5.41, 5.74) is 0.821. The number of nitrogens with one attached hydrogen (secondary N) is 1. The predicted molar refractivity (Wildman–Crippen MR) is 75.3 cm³/mol. The van der Waals surface area contributed by atoms with Gasteiger partial charge < -0.3 is 9.67 Å². The van der Waals surface area contributed by atoms with Crippen molar-refractivity contribution in [3.63, 3.8) is 0 Å². The number of rotatable bonds is 6. The van der Waals surface area contributed by atoms with Gasteiger partial charge in [0.15, 0.2) is 5.03 Å². The number of aromatic carboxylic acids is 1. The average molecular weight is 309 g/mol. The molecule has 0 bridgehead atoms. The van der Waals surface area contributed by atoms with Gasteiger partial charge in [-0.05, 0) is 24.6 Å². The Balaban J connectivity index is 2.06. The van der Waals surface area contributed by atoms with Crippen LogP contribution in [0, 0.1) is 0 Å². The van der Waals surface area contributed by atoms with Crippen molar-refractivity contribution in [3.8, 4) is 0 Å². The second kappa shape index (κ2) is 6.06. The molecule has 2 N–H and O–H groups in total. The fourth-order valence-corrected chi connectivity index (χ4v) is 2.63. The molecule has 21 heavy (non-hydrogen) atoms. The van der Waals surface area contributed by atoms with Crippen molar-refractivity contribution < 1.29 is 18.3 Å². The second-order valence-electron chi connectivity index (χ2n) is 4.37. The van der Waals surface area contributed by atoms with E-state index in [2.05, 4.69) is 9.71 Å². The van der Waals surface area contributed by atoms with Gasteiger partial charge in [-0.1, -0.05) is 12.1 Å². The number of sulfonamides is 1. The molecule has 0 aliphatic rings. The number of carboxylic acids is 1. The number of aromatic nitrogens is 2. The SMILES string of the molecule is CCn1cnc(S(=O)(=O)NCc2ccc(C(=O)O)cc2)c1. The smallest absolute Gasteiger partial charge is 0.335 e. The van der Waals surface area contributed by atoms with E-state index in [1.807, 2.05) is 6.92 Å². The lowest BCUT2D eigenvalue weighted by Crippen LogP contribution is -2.23. The molecule has 112 valence electrons. The van der Waals surface area contributed by atoms with Gasteiger partial charge in [0.1, 0.15) is 0 Å². The van der Waals surface area contributed by atoms with Crippen LogP contribution in [0.1, 0.15) is 22.8 Å². The van der Waals surface area contributed by atoms with Crippen LogP contribution >= 0.6 is 0 Å². The molecular formula is C13H15N3O4S. The molecule has 0 radical (unpaired) electrons. The highest BCUT2D eigenvalue weighted by molar-refractivity contribution is 7.89. The summed E-state index contributed by atoms with van der Waals surface area (Å²) in [4.78, 5) is 14.6. The fourth-order valence-electron chi connectivity index (χ4n) is 1.67. The molecule has 7 nitrogen and oxygen atoms in total. The van der Waals surface area contributed by atoms with Gasteiger partial charge in [-0.3, -0.25) is 0 Å². The number of carbonyl (C=O) groups is 1. The highest BCUT2D eigenvalue weighted by atomic mass is 32.2. The summed E-state index contributed by atoms with van der Waals surface area (Å²) >= 11 is 0. The number of hydrogen-bond donors (Lipinski definition) is 2. The molecule has 0 aliphatic heterocycles. The largest absolute Gasteiger partial charge is 0.478 e. The summed E-state index contributed by atoms with van der Waals surface area (Å²) in [6.07, 6.45) is 2.91. The van der Waals surface area contributed by atoms with Crippen molar-refractivity contribution >= 4 is 16.0 Å². The van der Waals surface area contributed by atoms with Gasteiger partial charge in [0.25, 0.3) is 10.0 Å². The maximum atomic E-state index is 12.0. The first-order chi connectivity index (χ1) is 9.92. The lowest BCUT2D eigenvalue weighted by molar-refractivity contribution is 0.0697. The Kier molecular flexibility index (Phi) is 4.39. The third-order valence-corrected chi connectivity index (χ3v) is 4.20. The Morgan fingerprint density at radius 3 is 2.52 bits per heavy atom. The Hall–Kier alpha value is -2.19. The standard InChI is InChI=1S/C13H15N3O4S/c1-2-16-8-12(14-9-16)21(19,20)15-7-10-3-5-11(6-4-10)13(17)18/h3-6,8-9,15H,2,7H2,1H3,(H,17,18). The molecule has 0 saturated carbocycles. The summed E-state index contributed by atoms with van der Waals surface area (Å²) in [5, 5.41) is 8.75. The minimum Gasteiger partial charge on any atom is -0.478 e. The van der Waals surface area contributed by atoms with E-state index in [9.17, 15) is 13.2 Å². The Bertz CT molecular complexity index is 735. The van der Waals surface area contributed by atoms with Gasteiger partial charge in [-0.25, -0.2) is 22.9 Å². The van der Waals surface area contributed by atoms with E-state index in [4.69, 9.17) is 5.11 Å². The van der Waals surface area contributed by atoms with Crippen molar-refractivity contribution in [2.45, 2.75) is 25.0 Å². The van der Waals surface area contributed by atoms with Gasteiger partial charge in [0.2, 0.25) is 0 Å². The van der Waals surface area contributed by atoms with E-state index in [0.717, 1.165) is 0 Å². The summed E-state index contributed by atoms with van der Waals surface area (Å²) in [6, 6.07) is 5.99. The lowest BCUT2D eigenvalue weighted by atomic mass is 10.1.